The van der Waals surface area contributed by atoms with Crippen LogP contribution in [0.2, 0.25) is 0 Å². The van der Waals surface area contributed by atoms with E-state index >= 15 is 0 Å². The van der Waals surface area contributed by atoms with Crippen molar-refractivity contribution < 1.29 is 9.05 Å². The van der Waals surface area contributed by atoms with E-state index in [4.69, 9.17) is 9.05 Å². The number of rotatable bonds is 17. The molecule has 22 heavy (non-hydrogen) atoms. The lowest BCUT2D eigenvalue weighted by molar-refractivity contribution is 0.235. The monoisotopic (exact) mass is 332 g/mol. The van der Waals surface area contributed by atoms with Crippen molar-refractivity contribution in [2.45, 2.75) is 110 Å². The molecule has 0 aliphatic carbocycles. The van der Waals surface area contributed by atoms with Crippen LogP contribution in [0.4, 0.5) is 0 Å². The lowest BCUT2D eigenvalue weighted by Gasteiger charge is -2.20. The first-order valence-corrected chi connectivity index (χ1v) is 11.0. The third kappa shape index (κ3) is 15.3. The number of hydrogen-bond acceptors (Lipinski definition) is 2. The van der Waals surface area contributed by atoms with Crippen molar-refractivity contribution >= 4 is 8.38 Å². The average molecular weight is 333 g/mol. The van der Waals surface area contributed by atoms with Crippen LogP contribution in [0.15, 0.2) is 0 Å². The van der Waals surface area contributed by atoms with E-state index in [0.29, 0.717) is 5.66 Å². The van der Waals surface area contributed by atoms with Crippen molar-refractivity contribution in [2.75, 3.05) is 13.2 Å². The van der Waals surface area contributed by atoms with Crippen molar-refractivity contribution in [1.29, 1.82) is 0 Å². The predicted octanol–water partition coefficient (Wildman–Crippen LogP) is 7.46. The van der Waals surface area contributed by atoms with Gasteiger partial charge in [0, 0.05) is 5.66 Å². The topological polar surface area (TPSA) is 18.5 Å². The molecule has 0 aromatic heterocycles. The van der Waals surface area contributed by atoms with E-state index in [1.165, 1.54) is 77.0 Å². The van der Waals surface area contributed by atoms with Gasteiger partial charge in [-0.05, 0) is 12.8 Å². The highest BCUT2D eigenvalue weighted by atomic mass is 31.2. The van der Waals surface area contributed by atoms with Crippen LogP contribution >= 0.6 is 8.38 Å². The Kier molecular flexibility index (Phi) is 18.0. The van der Waals surface area contributed by atoms with Gasteiger partial charge >= 0.3 is 0 Å². The Morgan fingerprint density at radius 3 is 1.32 bits per heavy atom. The van der Waals surface area contributed by atoms with Crippen molar-refractivity contribution in [2.24, 2.45) is 0 Å². The van der Waals surface area contributed by atoms with Gasteiger partial charge in [0.15, 0.2) is 8.38 Å². The molecule has 134 valence electrons. The molecular weight excluding hydrogens is 291 g/mol. The van der Waals surface area contributed by atoms with Crippen LogP contribution in [0.25, 0.3) is 0 Å². The summed E-state index contributed by atoms with van der Waals surface area (Å²) in [7, 11) is -0.675. The van der Waals surface area contributed by atoms with Crippen LogP contribution in [-0.2, 0) is 9.05 Å². The average Bonchev–Trinajstić information content (AvgIpc) is 2.50. The van der Waals surface area contributed by atoms with Crippen LogP contribution in [0.3, 0.4) is 0 Å². The van der Waals surface area contributed by atoms with E-state index in [1.54, 1.807) is 0 Å². The lowest BCUT2D eigenvalue weighted by Crippen LogP contribution is -2.03. The van der Waals surface area contributed by atoms with Gasteiger partial charge in [-0.3, -0.25) is 0 Å². The smallest absolute Gasteiger partial charge is 0.173 e. The summed E-state index contributed by atoms with van der Waals surface area (Å²) in [5.74, 6) is 0. The van der Waals surface area contributed by atoms with E-state index in [1.807, 2.05) is 0 Å². The minimum Gasteiger partial charge on any atom is -0.334 e. The lowest BCUT2D eigenvalue weighted by atomic mass is 10.1. The van der Waals surface area contributed by atoms with Gasteiger partial charge in [0.05, 0.1) is 13.2 Å². The van der Waals surface area contributed by atoms with Crippen LogP contribution in [-0.4, -0.2) is 18.9 Å². The fraction of sp³-hybridized carbons (Fsp3) is 1.00. The van der Waals surface area contributed by atoms with Gasteiger partial charge in [-0.1, -0.05) is 91.9 Å². The second kappa shape index (κ2) is 17.7. The first-order valence-electron chi connectivity index (χ1n) is 9.77. The maximum absolute atomic E-state index is 6.00. The largest absolute Gasteiger partial charge is 0.334 e. The Balaban J connectivity index is 3.49. The van der Waals surface area contributed by atoms with E-state index in [9.17, 15) is 0 Å². The maximum Gasteiger partial charge on any atom is 0.173 e. The maximum atomic E-state index is 6.00. The van der Waals surface area contributed by atoms with Crippen molar-refractivity contribution in [3.63, 3.8) is 0 Å². The first kappa shape index (κ1) is 22.4. The van der Waals surface area contributed by atoms with E-state index in [0.717, 1.165) is 13.2 Å². The number of unbranched alkanes of at least 4 members (excludes halogenated alkanes) is 10. The van der Waals surface area contributed by atoms with Gasteiger partial charge < -0.3 is 9.05 Å². The molecule has 0 saturated carbocycles. The van der Waals surface area contributed by atoms with Crippen LogP contribution in [0.1, 0.15) is 105 Å². The van der Waals surface area contributed by atoms with Crippen molar-refractivity contribution in [3.8, 4) is 0 Å². The normalized spacial score (nSPS) is 11.7. The molecule has 0 radical (unpaired) electrons. The molecule has 0 unspecified atom stereocenters. The molecule has 0 aromatic carbocycles. The van der Waals surface area contributed by atoms with Crippen LogP contribution in [0, 0.1) is 0 Å². The molecular formula is C19H41O2P. The second-order valence-corrected chi connectivity index (χ2v) is 8.70. The molecule has 0 bridgehead atoms. The first-order chi connectivity index (χ1) is 10.7. The second-order valence-electron chi connectivity index (χ2n) is 6.58. The fourth-order valence-electron chi connectivity index (χ4n) is 2.41. The van der Waals surface area contributed by atoms with E-state index in [2.05, 4.69) is 27.7 Å². The van der Waals surface area contributed by atoms with Gasteiger partial charge in [-0.15, -0.1) is 0 Å². The Morgan fingerprint density at radius 1 is 0.591 bits per heavy atom. The Hall–Kier alpha value is 0.350. The third-order valence-corrected chi connectivity index (χ3v) is 5.57. The van der Waals surface area contributed by atoms with Gasteiger partial charge in [0.1, 0.15) is 0 Å². The van der Waals surface area contributed by atoms with Crippen LogP contribution < -0.4 is 0 Å². The minimum atomic E-state index is -0.675. The molecule has 0 saturated heterocycles. The molecule has 0 aliphatic rings. The summed E-state index contributed by atoms with van der Waals surface area (Å²) in [5.41, 5.74) is 0.509. The molecule has 0 spiro atoms. The fourth-order valence-corrected chi connectivity index (χ4v) is 3.70. The molecule has 0 rings (SSSR count). The molecule has 0 aromatic rings. The third-order valence-electron chi connectivity index (χ3n) is 3.85. The van der Waals surface area contributed by atoms with Gasteiger partial charge in [0.2, 0.25) is 0 Å². The molecule has 0 atom stereocenters. The zero-order chi connectivity index (χ0) is 16.5. The predicted molar refractivity (Wildman–Crippen MR) is 101 cm³/mol. The van der Waals surface area contributed by atoms with Gasteiger partial charge in [-0.25, -0.2) is 0 Å². The molecule has 0 N–H and O–H groups in total. The van der Waals surface area contributed by atoms with E-state index < -0.39 is 8.38 Å². The highest BCUT2D eigenvalue weighted by molar-refractivity contribution is 7.48. The molecule has 0 amide bonds. The molecule has 0 aliphatic heterocycles. The molecule has 3 heteroatoms. The van der Waals surface area contributed by atoms with Gasteiger partial charge in [-0.2, -0.15) is 0 Å². The summed E-state index contributed by atoms with van der Waals surface area (Å²) >= 11 is 0. The quantitative estimate of drug-likeness (QED) is 0.203. The highest BCUT2D eigenvalue weighted by Crippen LogP contribution is 2.43. The summed E-state index contributed by atoms with van der Waals surface area (Å²) in [5, 5.41) is 0. The molecule has 0 heterocycles. The SMILES string of the molecule is CCCCCCCCOP(OCCCCCCCC)C(C)C. The Bertz CT molecular complexity index is 192. The standard InChI is InChI=1S/C19H41O2P/c1-5-7-9-11-13-15-17-20-22(19(3)4)21-18-16-14-12-10-8-6-2/h19H,5-18H2,1-4H3. The van der Waals surface area contributed by atoms with Crippen LogP contribution in [0.5, 0.6) is 0 Å². The molecule has 0 fully saturated rings. The Morgan fingerprint density at radius 2 is 0.955 bits per heavy atom. The van der Waals surface area contributed by atoms with Crippen molar-refractivity contribution in [1.82, 2.24) is 0 Å². The minimum absolute atomic E-state index is 0.509. The van der Waals surface area contributed by atoms with Crippen molar-refractivity contribution in [3.05, 3.63) is 0 Å². The van der Waals surface area contributed by atoms with E-state index in [-0.39, 0.29) is 0 Å². The zero-order valence-corrected chi connectivity index (χ0v) is 16.6. The zero-order valence-electron chi connectivity index (χ0n) is 15.7. The Labute approximate surface area is 141 Å². The highest BCUT2D eigenvalue weighted by Gasteiger charge is 2.14. The molecule has 2 nitrogen and oxygen atoms in total. The number of hydrogen-bond donors (Lipinski definition) is 0. The summed E-state index contributed by atoms with van der Waals surface area (Å²) in [6, 6.07) is 0. The van der Waals surface area contributed by atoms with Gasteiger partial charge in [0.25, 0.3) is 0 Å². The summed E-state index contributed by atoms with van der Waals surface area (Å²) in [6.07, 6.45) is 15.9. The summed E-state index contributed by atoms with van der Waals surface area (Å²) in [6.45, 7) is 10.7. The summed E-state index contributed by atoms with van der Waals surface area (Å²) in [4.78, 5) is 0. The summed E-state index contributed by atoms with van der Waals surface area (Å²) < 4.78 is 12.0.